The molecule has 1 aliphatic carbocycles. The van der Waals surface area contributed by atoms with Crippen molar-refractivity contribution < 1.29 is 24.0 Å². The molecule has 0 atom stereocenters. The maximum atomic E-state index is 12.3. The molecule has 0 N–H and O–H groups in total. The summed E-state index contributed by atoms with van der Waals surface area (Å²) in [5, 5.41) is 11.1. The van der Waals surface area contributed by atoms with Gasteiger partial charge in [0.15, 0.2) is 18.1 Å². The van der Waals surface area contributed by atoms with Crippen LogP contribution in [0, 0.1) is 10.1 Å². The quantitative estimate of drug-likeness (QED) is 0.291. The molecule has 7 heteroatoms. The van der Waals surface area contributed by atoms with Gasteiger partial charge in [-0.3, -0.25) is 14.9 Å². The molecule has 0 radical (unpaired) electrons. The molecular formula is C22H23NO6. The number of nitro groups is 1. The third-order valence-corrected chi connectivity index (χ3v) is 5.25. The van der Waals surface area contributed by atoms with Crippen LogP contribution in [0.25, 0.3) is 0 Å². The Morgan fingerprint density at radius 2 is 1.69 bits per heavy atom. The molecule has 1 fully saturated rings. The number of nitro benzene ring substituents is 1. The molecule has 2 aromatic rings. The van der Waals surface area contributed by atoms with E-state index in [0.717, 1.165) is 6.07 Å². The first-order chi connectivity index (χ1) is 14.0. The average Bonchev–Trinajstić information content (AvgIpc) is 2.77. The van der Waals surface area contributed by atoms with Crippen LogP contribution in [0.5, 0.6) is 5.75 Å². The Morgan fingerprint density at radius 3 is 2.31 bits per heavy atom. The Kier molecular flexibility index (Phi) is 6.59. The van der Waals surface area contributed by atoms with Gasteiger partial charge in [-0.2, -0.15) is 0 Å². The zero-order valence-electron chi connectivity index (χ0n) is 16.3. The second kappa shape index (κ2) is 9.32. The SMILES string of the molecule is COc1ccc(C(=O)OCC(=O)c2ccc(C3CCCCC3)cc2)cc1[N+](=O)[O-]. The fraction of sp³-hybridized carbons (Fsp3) is 0.364. The van der Waals surface area contributed by atoms with Gasteiger partial charge in [0, 0.05) is 11.6 Å². The van der Waals surface area contributed by atoms with E-state index < -0.39 is 17.5 Å². The predicted molar refractivity (Wildman–Crippen MR) is 107 cm³/mol. The van der Waals surface area contributed by atoms with Crippen molar-refractivity contribution in [3.63, 3.8) is 0 Å². The van der Waals surface area contributed by atoms with Crippen molar-refractivity contribution in [1.82, 2.24) is 0 Å². The number of rotatable bonds is 7. The van der Waals surface area contributed by atoms with Crippen LogP contribution in [0.4, 0.5) is 5.69 Å². The first kappa shape index (κ1) is 20.5. The van der Waals surface area contributed by atoms with Crippen LogP contribution in [0.15, 0.2) is 42.5 Å². The molecule has 0 aliphatic heterocycles. The molecule has 1 aliphatic rings. The van der Waals surface area contributed by atoms with Crippen molar-refractivity contribution in [1.29, 1.82) is 0 Å². The number of ether oxygens (including phenoxy) is 2. The lowest BCUT2D eigenvalue weighted by Crippen LogP contribution is -2.14. The van der Waals surface area contributed by atoms with Gasteiger partial charge in [-0.1, -0.05) is 43.5 Å². The topological polar surface area (TPSA) is 95.7 Å². The minimum absolute atomic E-state index is 0.0158. The number of carbonyl (C=O) groups excluding carboxylic acids is 2. The summed E-state index contributed by atoms with van der Waals surface area (Å²) in [7, 11) is 1.30. The summed E-state index contributed by atoms with van der Waals surface area (Å²) in [4.78, 5) is 34.9. The molecule has 0 spiro atoms. The first-order valence-electron chi connectivity index (χ1n) is 9.62. The van der Waals surface area contributed by atoms with E-state index in [1.165, 1.54) is 56.9 Å². The Morgan fingerprint density at radius 1 is 1.03 bits per heavy atom. The van der Waals surface area contributed by atoms with Crippen LogP contribution in [0.3, 0.4) is 0 Å². The number of hydrogen-bond acceptors (Lipinski definition) is 6. The van der Waals surface area contributed by atoms with Crippen molar-refractivity contribution in [2.45, 2.75) is 38.0 Å². The number of methoxy groups -OCH3 is 1. The van der Waals surface area contributed by atoms with Crippen LogP contribution in [-0.4, -0.2) is 30.4 Å². The largest absolute Gasteiger partial charge is 0.490 e. The highest BCUT2D eigenvalue weighted by atomic mass is 16.6. The van der Waals surface area contributed by atoms with Crippen molar-refractivity contribution >= 4 is 17.4 Å². The van der Waals surface area contributed by atoms with Crippen LogP contribution in [-0.2, 0) is 4.74 Å². The van der Waals surface area contributed by atoms with E-state index in [2.05, 4.69) is 0 Å². The number of ketones is 1. The zero-order valence-corrected chi connectivity index (χ0v) is 16.3. The Hall–Kier alpha value is -3.22. The third-order valence-electron chi connectivity index (χ3n) is 5.25. The molecule has 0 saturated heterocycles. The van der Waals surface area contributed by atoms with E-state index in [9.17, 15) is 19.7 Å². The fourth-order valence-electron chi connectivity index (χ4n) is 3.63. The summed E-state index contributed by atoms with van der Waals surface area (Å²) < 4.78 is 9.95. The standard InChI is InChI=1S/C22H23NO6/c1-28-21-12-11-18(13-19(21)23(26)27)22(25)29-14-20(24)17-9-7-16(8-10-17)15-5-3-2-4-6-15/h7-13,15H,2-6,14H2,1H3. The van der Waals surface area contributed by atoms with Crippen molar-refractivity contribution in [3.05, 3.63) is 69.3 Å². The molecule has 152 valence electrons. The number of benzene rings is 2. The average molecular weight is 397 g/mol. The van der Waals surface area contributed by atoms with Crippen LogP contribution < -0.4 is 4.74 Å². The molecule has 0 heterocycles. The lowest BCUT2D eigenvalue weighted by molar-refractivity contribution is -0.385. The zero-order chi connectivity index (χ0) is 20.8. The molecule has 0 unspecified atom stereocenters. The van der Waals surface area contributed by atoms with Crippen LogP contribution >= 0.6 is 0 Å². The highest BCUT2D eigenvalue weighted by molar-refractivity contribution is 5.99. The van der Waals surface area contributed by atoms with Crippen molar-refractivity contribution in [3.8, 4) is 5.75 Å². The maximum absolute atomic E-state index is 12.3. The molecule has 3 rings (SSSR count). The fourth-order valence-corrected chi connectivity index (χ4v) is 3.63. The van der Waals surface area contributed by atoms with Gasteiger partial charge in [0.05, 0.1) is 17.6 Å². The smallest absolute Gasteiger partial charge is 0.338 e. The number of carbonyl (C=O) groups is 2. The summed E-state index contributed by atoms with van der Waals surface area (Å²) in [6.07, 6.45) is 6.13. The van der Waals surface area contributed by atoms with Crippen LogP contribution in [0.1, 0.15) is 64.3 Å². The van der Waals surface area contributed by atoms with Gasteiger partial charge in [0.2, 0.25) is 0 Å². The Balaban J connectivity index is 1.60. The number of hydrogen-bond donors (Lipinski definition) is 0. The van der Waals surface area contributed by atoms with E-state index in [4.69, 9.17) is 9.47 Å². The predicted octanol–water partition coefficient (Wildman–Crippen LogP) is 4.69. The summed E-state index contributed by atoms with van der Waals surface area (Å²) in [5.41, 5.74) is 1.35. The van der Waals surface area contributed by atoms with Crippen LogP contribution in [0.2, 0.25) is 0 Å². The Labute approximate surface area is 168 Å². The first-order valence-corrected chi connectivity index (χ1v) is 9.62. The maximum Gasteiger partial charge on any atom is 0.338 e. The minimum atomic E-state index is -0.803. The van der Waals surface area contributed by atoms with Gasteiger partial charge in [-0.15, -0.1) is 0 Å². The summed E-state index contributed by atoms with van der Waals surface area (Å²) in [6, 6.07) is 11.2. The molecular weight excluding hydrogens is 374 g/mol. The number of Topliss-reactive ketones (excluding diaryl/α,β-unsaturated/α-hetero) is 1. The van der Waals surface area contributed by atoms with Crippen molar-refractivity contribution in [2.24, 2.45) is 0 Å². The molecule has 1 saturated carbocycles. The lowest BCUT2D eigenvalue weighted by Gasteiger charge is -2.22. The highest BCUT2D eigenvalue weighted by Crippen LogP contribution is 2.32. The summed E-state index contributed by atoms with van der Waals surface area (Å²) in [5.74, 6) is -0.531. The highest BCUT2D eigenvalue weighted by Gasteiger charge is 2.20. The van der Waals surface area contributed by atoms with E-state index in [1.54, 1.807) is 12.1 Å². The Bertz CT molecular complexity index is 900. The van der Waals surface area contributed by atoms with Gasteiger partial charge in [-0.05, 0) is 36.5 Å². The van der Waals surface area contributed by atoms with Gasteiger partial charge < -0.3 is 9.47 Å². The van der Waals surface area contributed by atoms with E-state index in [1.807, 2.05) is 12.1 Å². The van der Waals surface area contributed by atoms with Crippen molar-refractivity contribution in [2.75, 3.05) is 13.7 Å². The molecule has 2 aromatic carbocycles. The second-order valence-corrected chi connectivity index (χ2v) is 7.10. The van der Waals surface area contributed by atoms with E-state index in [0.29, 0.717) is 11.5 Å². The third kappa shape index (κ3) is 4.99. The molecule has 29 heavy (non-hydrogen) atoms. The lowest BCUT2D eigenvalue weighted by atomic mass is 9.84. The van der Waals surface area contributed by atoms with Gasteiger partial charge >= 0.3 is 11.7 Å². The van der Waals surface area contributed by atoms with E-state index in [-0.39, 0.29) is 22.8 Å². The number of nitrogens with zero attached hydrogens (tertiary/aromatic N) is 1. The van der Waals surface area contributed by atoms with Gasteiger partial charge in [0.25, 0.3) is 0 Å². The minimum Gasteiger partial charge on any atom is -0.490 e. The molecule has 0 aromatic heterocycles. The number of esters is 1. The van der Waals surface area contributed by atoms with Gasteiger partial charge in [-0.25, -0.2) is 4.79 Å². The molecule has 0 amide bonds. The second-order valence-electron chi connectivity index (χ2n) is 7.10. The normalized spacial score (nSPS) is 14.2. The summed E-state index contributed by atoms with van der Waals surface area (Å²) in [6.45, 7) is -0.429. The molecule has 0 bridgehead atoms. The monoisotopic (exact) mass is 397 g/mol. The van der Waals surface area contributed by atoms with Gasteiger partial charge in [0.1, 0.15) is 0 Å². The molecule has 7 nitrogen and oxygen atoms in total. The summed E-state index contributed by atoms with van der Waals surface area (Å²) >= 11 is 0. The van der Waals surface area contributed by atoms with E-state index >= 15 is 0 Å².